The summed E-state index contributed by atoms with van der Waals surface area (Å²) in [5, 5.41) is 0. The first-order valence-corrected chi connectivity index (χ1v) is 10.4. The van der Waals surface area contributed by atoms with Crippen molar-refractivity contribution in [3.8, 4) is 28.7 Å². The van der Waals surface area contributed by atoms with E-state index < -0.39 is 10.1 Å². The smallest absolute Gasteiger partial charge is 0.295 e. The molecule has 2 aromatic carbocycles. The van der Waals surface area contributed by atoms with Crippen molar-refractivity contribution < 1.29 is 17.7 Å². The van der Waals surface area contributed by atoms with Crippen LogP contribution in [0, 0.1) is 11.8 Å². The Bertz CT molecular complexity index is 977. The predicted octanol–water partition coefficient (Wildman–Crippen LogP) is 5.25. The molecule has 0 heterocycles. The molecule has 2 rings (SSSR count). The van der Waals surface area contributed by atoms with Crippen molar-refractivity contribution in [2.75, 3.05) is 6.61 Å². The minimum absolute atomic E-state index is 0.126. The van der Waals surface area contributed by atoms with E-state index >= 15 is 0 Å². The van der Waals surface area contributed by atoms with Crippen LogP contribution in [0.5, 0.6) is 5.75 Å². The number of hydrogen-bond donors (Lipinski definition) is 1. The summed E-state index contributed by atoms with van der Waals surface area (Å²) in [4.78, 5) is -0.126. The van der Waals surface area contributed by atoms with Crippen LogP contribution >= 0.6 is 0 Å². The van der Waals surface area contributed by atoms with Crippen LogP contribution in [0.15, 0.2) is 41.3 Å². The van der Waals surface area contributed by atoms with Crippen LogP contribution in [0.2, 0.25) is 0 Å². The van der Waals surface area contributed by atoms with Gasteiger partial charge in [-0.15, -0.1) is 5.92 Å². The van der Waals surface area contributed by atoms with Crippen molar-refractivity contribution in [3.05, 3.63) is 47.5 Å². The van der Waals surface area contributed by atoms with Gasteiger partial charge >= 0.3 is 0 Å². The zero-order valence-electron chi connectivity index (χ0n) is 16.4. The fourth-order valence-electron chi connectivity index (χ4n) is 3.19. The summed E-state index contributed by atoms with van der Waals surface area (Å²) in [7, 11) is -4.38. The van der Waals surface area contributed by atoms with Crippen LogP contribution in [-0.2, 0) is 10.1 Å². The van der Waals surface area contributed by atoms with E-state index in [2.05, 4.69) is 45.6 Å². The highest BCUT2D eigenvalue weighted by Gasteiger charge is 2.22. The van der Waals surface area contributed by atoms with Gasteiger partial charge in [0.05, 0.1) is 0 Å². The SMILES string of the molecule is CC#CCOc1ccc(S(=O)(=O)O)c(-c2cccc(C(C)C)c2C(C)C)c1. The maximum atomic E-state index is 12.0. The molecule has 0 spiro atoms. The Morgan fingerprint density at radius 1 is 1.04 bits per heavy atom. The van der Waals surface area contributed by atoms with Gasteiger partial charge in [-0.3, -0.25) is 4.55 Å². The first-order chi connectivity index (χ1) is 12.7. The molecular weight excluding hydrogens is 360 g/mol. The van der Waals surface area contributed by atoms with E-state index in [0.717, 1.165) is 16.7 Å². The number of rotatable bonds is 6. The Kier molecular flexibility index (Phi) is 6.69. The second-order valence-electron chi connectivity index (χ2n) is 6.97. The van der Waals surface area contributed by atoms with Gasteiger partial charge in [0.15, 0.2) is 0 Å². The molecule has 4 nitrogen and oxygen atoms in total. The lowest BCUT2D eigenvalue weighted by Gasteiger charge is -2.22. The largest absolute Gasteiger partial charge is 0.481 e. The Labute approximate surface area is 162 Å². The first-order valence-electron chi connectivity index (χ1n) is 8.94. The van der Waals surface area contributed by atoms with E-state index in [-0.39, 0.29) is 23.3 Å². The lowest BCUT2D eigenvalue weighted by Crippen LogP contribution is -2.06. The van der Waals surface area contributed by atoms with Gasteiger partial charge < -0.3 is 4.74 Å². The third kappa shape index (κ3) is 4.91. The monoisotopic (exact) mass is 386 g/mol. The van der Waals surface area contributed by atoms with Crippen LogP contribution < -0.4 is 4.74 Å². The van der Waals surface area contributed by atoms with Crippen LogP contribution in [-0.4, -0.2) is 19.6 Å². The molecule has 0 bridgehead atoms. The maximum Gasteiger partial charge on any atom is 0.295 e. The van der Waals surface area contributed by atoms with Crippen LogP contribution in [0.3, 0.4) is 0 Å². The minimum atomic E-state index is -4.38. The Hall–Kier alpha value is -2.29. The zero-order chi connectivity index (χ0) is 20.2. The van der Waals surface area contributed by atoms with E-state index in [1.54, 1.807) is 13.0 Å². The maximum absolute atomic E-state index is 12.0. The fraction of sp³-hybridized carbons (Fsp3) is 0.364. The lowest BCUT2D eigenvalue weighted by atomic mass is 9.84. The minimum Gasteiger partial charge on any atom is -0.481 e. The Morgan fingerprint density at radius 3 is 2.30 bits per heavy atom. The molecule has 0 aromatic heterocycles. The molecule has 144 valence electrons. The predicted molar refractivity (Wildman–Crippen MR) is 109 cm³/mol. The van der Waals surface area contributed by atoms with Gasteiger partial charge in [-0.2, -0.15) is 8.42 Å². The van der Waals surface area contributed by atoms with E-state index in [9.17, 15) is 13.0 Å². The van der Waals surface area contributed by atoms with Crippen molar-refractivity contribution in [3.63, 3.8) is 0 Å². The van der Waals surface area contributed by atoms with Gasteiger partial charge in [0, 0.05) is 5.56 Å². The second-order valence-corrected chi connectivity index (χ2v) is 8.36. The number of ether oxygens (including phenoxy) is 1. The third-order valence-electron chi connectivity index (χ3n) is 4.35. The van der Waals surface area contributed by atoms with E-state index in [0.29, 0.717) is 11.3 Å². The van der Waals surface area contributed by atoms with Crippen molar-refractivity contribution >= 4 is 10.1 Å². The van der Waals surface area contributed by atoms with Gasteiger partial charge in [-0.05, 0) is 53.6 Å². The molecule has 0 fully saturated rings. The van der Waals surface area contributed by atoms with Crippen molar-refractivity contribution in [1.29, 1.82) is 0 Å². The second kappa shape index (κ2) is 8.60. The molecule has 2 aromatic rings. The summed E-state index contributed by atoms with van der Waals surface area (Å²) in [5.74, 6) is 6.54. The molecule has 0 radical (unpaired) electrons. The standard InChI is InChI=1S/C22H26O4S/c1-6-7-13-26-17-11-12-21(27(23,24)25)20(14-17)19-10-8-9-18(15(2)3)22(19)16(4)5/h8-12,14-16H,13H2,1-5H3,(H,23,24,25). The molecule has 0 aliphatic rings. The van der Waals surface area contributed by atoms with Gasteiger partial charge in [-0.25, -0.2) is 0 Å². The zero-order valence-corrected chi connectivity index (χ0v) is 17.2. The van der Waals surface area contributed by atoms with Crippen molar-refractivity contribution in [2.45, 2.75) is 51.3 Å². The number of hydrogen-bond acceptors (Lipinski definition) is 3. The molecule has 1 N–H and O–H groups in total. The first kappa shape index (κ1) is 21.0. The highest BCUT2D eigenvalue weighted by Crippen LogP contribution is 2.39. The van der Waals surface area contributed by atoms with Gasteiger partial charge in [0.1, 0.15) is 17.3 Å². The number of benzene rings is 2. The van der Waals surface area contributed by atoms with Gasteiger partial charge in [0.25, 0.3) is 10.1 Å². The quantitative estimate of drug-likeness (QED) is 0.544. The summed E-state index contributed by atoms with van der Waals surface area (Å²) in [6.07, 6.45) is 0. The molecule has 0 unspecified atom stereocenters. The molecule has 0 amide bonds. The molecule has 0 aliphatic carbocycles. The Balaban J connectivity index is 2.76. The van der Waals surface area contributed by atoms with Crippen LogP contribution in [0.25, 0.3) is 11.1 Å². The molecule has 0 aliphatic heterocycles. The van der Waals surface area contributed by atoms with Crippen LogP contribution in [0.4, 0.5) is 0 Å². The third-order valence-corrected chi connectivity index (χ3v) is 5.26. The van der Waals surface area contributed by atoms with E-state index in [4.69, 9.17) is 4.74 Å². The highest BCUT2D eigenvalue weighted by molar-refractivity contribution is 7.86. The normalized spacial score (nSPS) is 11.4. The molecule has 27 heavy (non-hydrogen) atoms. The topological polar surface area (TPSA) is 63.6 Å². The molecule has 0 saturated carbocycles. The van der Waals surface area contributed by atoms with Crippen molar-refractivity contribution in [2.24, 2.45) is 0 Å². The fourth-order valence-corrected chi connectivity index (χ4v) is 3.88. The summed E-state index contributed by atoms with van der Waals surface area (Å²) in [6.45, 7) is 10.3. The summed E-state index contributed by atoms with van der Waals surface area (Å²) in [5.41, 5.74) is 3.45. The molecular formula is C22H26O4S. The van der Waals surface area contributed by atoms with Gasteiger partial charge in [-0.1, -0.05) is 51.8 Å². The van der Waals surface area contributed by atoms with E-state index in [1.165, 1.54) is 12.1 Å². The van der Waals surface area contributed by atoms with Crippen molar-refractivity contribution in [1.82, 2.24) is 0 Å². The van der Waals surface area contributed by atoms with Gasteiger partial charge in [0.2, 0.25) is 0 Å². The molecule has 0 atom stereocenters. The summed E-state index contributed by atoms with van der Waals surface area (Å²) in [6, 6.07) is 10.4. The lowest BCUT2D eigenvalue weighted by molar-refractivity contribution is 0.370. The summed E-state index contributed by atoms with van der Waals surface area (Å²) >= 11 is 0. The average molecular weight is 387 g/mol. The average Bonchev–Trinajstić information content (AvgIpc) is 2.60. The highest BCUT2D eigenvalue weighted by atomic mass is 32.2. The summed E-state index contributed by atoms with van der Waals surface area (Å²) < 4.78 is 39.3. The Morgan fingerprint density at radius 2 is 1.74 bits per heavy atom. The van der Waals surface area contributed by atoms with Crippen LogP contribution in [0.1, 0.15) is 57.6 Å². The molecule has 5 heteroatoms. The van der Waals surface area contributed by atoms with E-state index in [1.807, 2.05) is 12.1 Å². The molecule has 0 saturated heterocycles.